The van der Waals surface area contributed by atoms with Gasteiger partial charge in [0.05, 0.1) is 0 Å². The molecule has 0 N–H and O–H groups in total. The Morgan fingerprint density at radius 3 is 2.09 bits per heavy atom. The Hall–Kier alpha value is -0.840. The van der Waals surface area contributed by atoms with Crippen molar-refractivity contribution in [2.45, 2.75) is 166 Å². The van der Waals surface area contributed by atoms with E-state index in [4.69, 9.17) is 0 Å². The largest absolute Gasteiger partial charge is 0.207 e. The van der Waals surface area contributed by atoms with Gasteiger partial charge < -0.3 is 0 Å². The highest BCUT2D eigenvalue weighted by Gasteiger charge is 2.58. The minimum atomic E-state index is -0.801. The molecule has 0 nitrogen and oxygen atoms in total. The van der Waals surface area contributed by atoms with Gasteiger partial charge in [-0.15, -0.1) is 0 Å². The quantitative estimate of drug-likeness (QED) is 0.286. The zero-order valence-corrected chi connectivity index (χ0v) is 31.8. The molecule has 1 heterocycles. The van der Waals surface area contributed by atoms with Gasteiger partial charge in [-0.1, -0.05) is 120 Å². The number of benzene rings is 2. The molecule has 0 amide bonds. The van der Waals surface area contributed by atoms with Crippen LogP contribution >= 0.6 is 15.8 Å². The lowest BCUT2D eigenvalue weighted by Crippen LogP contribution is -2.50. The lowest BCUT2D eigenvalue weighted by molar-refractivity contribution is 0.131. The fraction of sp³-hybridized carbons (Fsp3) is 0.714. The zero-order valence-electron chi connectivity index (χ0n) is 30.1. The second-order valence-electron chi connectivity index (χ2n) is 17.8. The van der Waals surface area contributed by atoms with E-state index >= 15 is 4.39 Å². The summed E-state index contributed by atoms with van der Waals surface area (Å²) in [7, 11) is -1.14. The maximum absolute atomic E-state index is 15.3. The van der Waals surface area contributed by atoms with Crippen molar-refractivity contribution < 1.29 is 8.78 Å². The van der Waals surface area contributed by atoms with Gasteiger partial charge in [-0.3, -0.25) is 0 Å². The molecule has 8 atom stereocenters. The fourth-order valence-electron chi connectivity index (χ4n) is 11.9. The first-order chi connectivity index (χ1) is 21.8. The van der Waals surface area contributed by atoms with Crippen molar-refractivity contribution in [2.24, 2.45) is 23.2 Å². The molecule has 1 aliphatic heterocycles. The number of fused-ring (bicyclic) bond motifs is 11. The molecule has 0 spiro atoms. The Morgan fingerprint density at radius 1 is 0.717 bits per heavy atom. The third-order valence-corrected chi connectivity index (χ3v) is 20.4. The molecule has 0 aromatic heterocycles. The Labute approximate surface area is 283 Å². The van der Waals surface area contributed by atoms with Crippen molar-refractivity contribution >= 4 is 26.5 Å². The monoisotopic (exact) mass is 666 g/mol. The molecule has 46 heavy (non-hydrogen) atoms. The van der Waals surface area contributed by atoms with Crippen LogP contribution in [0.2, 0.25) is 0 Å². The summed E-state index contributed by atoms with van der Waals surface area (Å²) in [5.41, 5.74) is 2.70. The van der Waals surface area contributed by atoms with Crippen LogP contribution < -0.4 is 10.6 Å². The average Bonchev–Trinajstić information content (AvgIpc) is 3.64. The molecule has 0 radical (unpaired) electrons. The standard InChI is InChI=1S/C42H62F2P2/c1-29(46(40(2,3)4)41(5,6)7)42-26-12-17-39(42)45(36-23-20-34(43)21-24-36)38-25-22-35(44)28-37(38)32-19-18-31(27-32)30-13-9-8-10-15-33(42)16-11-14-30/h20-25,28-33,39H,8-19,26-27H2,1-7H3/t29?,30?,31?,32-,33?,39+,42-,45?/m1/s1. The van der Waals surface area contributed by atoms with Crippen molar-refractivity contribution in [2.75, 3.05) is 0 Å². The number of halogens is 2. The van der Waals surface area contributed by atoms with E-state index in [1.807, 2.05) is 6.07 Å². The highest BCUT2D eigenvalue weighted by Crippen LogP contribution is 2.73. The summed E-state index contributed by atoms with van der Waals surface area (Å²) in [6, 6.07) is 13.6. The van der Waals surface area contributed by atoms with Crippen LogP contribution in [-0.2, 0) is 0 Å². The lowest BCUT2D eigenvalue weighted by Gasteiger charge is -2.57. The molecule has 4 aliphatic rings. The van der Waals surface area contributed by atoms with E-state index in [2.05, 4.69) is 66.7 Å². The van der Waals surface area contributed by atoms with Crippen molar-refractivity contribution in [3.8, 4) is 0 Å². The third kappa shape index (κ3) is 6.81. The van der Waals surface area contributed by atoms with E-state index < -0.39 is 7.92 Å². The van der Waals surface area contributed by atoms with Gasteiger partial charge in [0.1, 0.15) is 11.6 Å². The topological polar surface area (TPSA) is 0 Å². The zero-order chi connectivity index (χ0) is 32.9. The van der Waals surface area contributed by atoms with Crippen LogP contribution in [0.3, 0.4) is 0 Å². The first kappa shape index (κ1) is 35.0. The summed E-state index contributed by atoms with van der Waals surface area (Å²) < 4.78 is 29.9. The molecule has 3 fully saturated rings. The summed E-state index contributed by atoms with van der Waals surface area (Å²) in [5.74, 6) is 2.53. The summed E-state index contributed by atoms with van der Waals surface area (Å²) in [6.45, 7) is 17.8. The smallest absolute Gasteiger partial charge is 0.123 e. The fourth-order valence-corrected chi connectivity index (χ4v) is 21.0. The van der Waals surface area contributed by atoms with Crippen LogP contribution in [0.25, 0.3) is 0 Å². The highest BCUT2D eigenvalue weighted by atomic mass is 31.1. The van der Waals surface area contributed by atoms with E-state index in [1.54, 1.807) is 18.2 Å². The minimum absolute atomic E-state index is 0.0806. The first-order valence-corrected chi connectivity index (χ1v) is 21.8. The summed E-state index contributed by atoms with van der Waals surface area (Å²) >= 11 is 0. The summed E-state index contributed by atoms with van der Waals surface area (Å²) in [5, 5.41) is 3.23. The van der Waals surface area contributed by atoms with E-state index in [0.29, 0.717) is 17.2 Å². The molecule has 3 aliphatic carbocycles. The molecule has 4 bridgehead atoms. The van der Waals surface area contributed by atoms with E-state index in [1.165, 1.54) is 106 Å². The van der Waals surface area contributed by atoms with Gasteiger partial charge in [0.25, 0.3) is 0 Å². The van der Waals surface area contributed by atoms with Crippen molar-refractivity contribution in [3.05, 3.63) is 59.7 Å². The van der Waals surface area contributed by atoms with Gasteiger partial charge in [0.15, 0.2) is 0 Å². The van der Waals surface area contributed by atoms with Crippen LogP contribution in [0, 0.1) is 34.8 Å². The maximum Gasteiger partial charge on any atom is 0.123 e. The van der Waals surface area contributed by atoms with Crippen molar-refractivity contribution in [1.82, 2.24) is 0 Å². The Balaban J connectivity index is 1.62. The third-order valence-electron chi connectivity index (χ3n) is 13.1. The Kier molecular flexibility index (Phi) is 10.5. The molecule has 0 saturated heterocycles. The number of rotatable bonds is 3. The van der Waals surface area contributed by atoms with E-state index in [-0.39, 0.29) is 35.3 Å². The lowest BCUT2D eigenvalue weighted by atomic mass is 9.66. The van der Waals surface area contributed by atoms with E-state index in [9.17, 15) is 4.39 Å². The predicted molar refractivity (Wildman–Crippen MR) is 199 cm³/mol. The molecular formula is C42H62F2P2. The number of hydrogen-bond donors (Lipinski definition) is 0. The van der Waals surface area contributed by atoms with Crippen LogP contribution in [0.15, 0.2) is 42.5 Å². The van der Waals surface area contributed by atoms with Crippen LogP contribution in [0.5, 0.6) is 0 Å². The molecule has 2 aromatic carbocycles. The van der Waals surface area contributed by atoms with Crippen molar-refractivity contribution in [1.29, 1.82) is 0 Å². The Morgan fingerprint density at radius 2 is 1.37 bits per heavy atom. The molecule has 4 heteroatoms. The second-order valence-corrected chi connectivity index (χ2v) is 24.3. The Bertz CT molecular complexity index is 1310. The second kappa shape index (κ2) is 13.8. The summed E-state index contributed by atoms with van der Waals surface area (Å²) in [6.07, 6.45) is 18.6. The van der Waals surface area contributed by atoms with Gasteiger partial charge in [-0.2, -0.15) is 0 Å². The van der Waals surface area contributed by atoms with Gasteiger partial charge in [0, 0.05) is 0 Å². The first-order valence-electron chi connectivity index (χ1n) is 18.9. The highest BCUT2D eigenvalue weighted by molar-refractivity contribution is 7.73. The molecular weight excluding hydrogens is 604 g/mol. The molecule has 2 aromatic rings. The minimum Gasteiger partial charge on any atom is -0.207 e. The molecule has 6 rings (SSSR count). The summed E-state index contributed by atoms with van der Waals surface area (Å²) in [4.78, 5) is 0. The van der Waals surface area contributed by atoms with Crippen LogP contribution in [0.1, 0.15) is 150 Å². The van der Waals surface area contributed by atoms with E-state index in [0.717, 1.165) is 17.8 Å². The number of hydrogen-bond acceptors (Lipinski definition) is 0. The molecule has 254 valence electrons. The van der Waals surface area contributed by atoms with Gasteiger partial charge in [-0.25, -0.2) is 8.78 Å². The average molecular weight is 667 g/mol. The van der Waals surface area contributed by atoms with Gasteiger partial charge >= 0.3 is 0 Å². The molecule has 5 unspecified atom stereocenters. The predicted octanol–water partition coefficient (Wildman–Crippen LogP) is 12.7. The SMILES string of the molecule is CC(P(C(C)(C)C)C(C)(C)C)[C@@]12CCC[C@@H]1P(c1ccc(F)cc1)c1ccc(F)cc1[C@@H]1CCC(C1)C1CCCCCC2CCC1. The van der Waals surface area contributed by atoms with Gasteiger partial charge in [0.2, 0.25) is 0 Å². The van der Waals surface area contributed by atoms with Crippen LogP contribution in [0.4, 0.5) is 8.78 Å². The molecule has 3 saturated carbocycles. The maximum atomic E-state index is 15.3. The van der Waals surface area contributed by atoms with Crippen molar-refractivity contribution in [3.63, 3.8) is 0 Å². The normalized spacial score (nSPS) is 33.2. The van der Waals surface area contributed by atoms with Gasteiger partial charge in [-0.05, 0) is 144 Å². The van der Waals surface area contributed by atoms with Crippen LogP contribution in [-0.4, -0.2) is 21.6 Å².